The van der Waals surface area contributed by atoms with Crippen LogP contribution in [-0.4, -0.2) is 19.5 Å². The fourth-order valence-electron chi connectivity index (χ4n) is 9.48. The normalized spacial score (nSPS) is 11.0. The minimum Gasteiger partial charge on any atom is -0.308 e. The van der Waals surface area contributed by atoms with Gasteiger partial charge in [-0.15, -0.1) is 0 Å². The Balaban J connectivity index is 0.00000277. The number of nitrogens with zero attached hydrogens (tertiary/aromatic N) is 4. The maximum absolute atomic E-state index is 5.40. The van der Waals surface area contributed by atoms with Crippen molar-refractivity contribution >= 4 is 21.8 Å². The van der Waals surface area contributed by atoms with E-state index in [2.05, 4.69) is 223 Å². The highest BCUT2D eigenvalue weighted by Crippen LogP contribution is 2.45. The summed E-state index contributed by atoms with van der Waals surface area (Å²) in [6.07, 6.45) is 0. The molecule has 0 radical (unpaired) electrons. The Morgan fingerprint density at radius 1 is 0.246 bits per heavy atom. The monoisotopic (exact) mass is 886 g/mol. The lowest BCUT2D eigenvalue weighted by Crippen LogP contribution is -2.04. The van der Waals surface area contributed by atoms with Gasteiger partial charge in [0.15, 0.2) is 17.5 Å². The molecule has 12 rings (SSSR count). The molecule has 0 fully saturated rings. The van der Waals surface area contributed by atoms with Crippen molar-refractivity contribution in [2.24, 2.45) is 0 Å². The molecule has 0 spiro atoms. The third-order valence-corrected chi connectivity index (χ3v) is 12.7. The highest BCUT2D eigenvalue weighted by Gasteiger charge is 2.23. The van der Waals surface area contributed by atoms with Crippen LogP contribution in [0, 0.1) is 0 Å². The van der Waals surface area contributed by atoms with Crippen LogP contribution in [0.2, 0.25) is 0 Å². The third-order valence-electron chi connectivity index (χ3n) is 12.7. The van der Waals surface area contributed by atoms with Crippen molar-refractivity contribution in [3.05, 3.63) is 255 Å². The number of hydrogen-bond acceptors (Lipinski definition) is 3. The van der Waals surface area contributed by atoms with Crippen LogP contribution in [0.25, 0.3) is 117 Å². The second-order valence-corrected chi connectivity index (χ2v) is 16.8. The summed E-state index contributed by atoms with van der Waals surface area (Å²) in [7, 11) is 0. The number of aromatic nitrogens is 4. The summed E-state index contributed by atoms with van der Waals surface area (Å²) >= 11 is 0. The van der Waals surface area contributed by atoms with E-state index in [4.69, 9.17) is 15.0 Å². The Morgan fingerprint density at radius 2 is 0.609 bits per heavy atom. The largest absolute Gasteiger partial charge is 0.308 e. The van der Waals surface area contributed by atoms with E-state index in [0.717, 1.165) is 88.7 Å². The van der Waals surface area contributed by atoms with Gasteiger partial charge in [-0.1, -0.05) is 233 Å². The average molecular weight is 887 g/mol. The topological polar surface area (TPSA) is 43.6 Å². The molecule has 0 aliphatic carbocycles. The molecule has 0 aliphatic rings. The second-order valence-electron chi connectivity index (χ2n) is 16.8. The molecule has 330 valence electrons. The summed E-state index contributed by atoms with van der Waals surface area (Å²) in [6, 6.07) is 90.3. The molecule has 4 heteroatoms. The minimum atomic E-state index is 0. The van der Waals surface area contributed by atoms with Gasteiger partial charge in [-0.3, -0.25) is 0 Å². The Hall–Kier alpha value is -8.99. The van der Waals surface area contributed by atoms with Crippen LogP contribution in [0.4, 0.5) is 0 Å². The smallest absolute Gasteiger partial charge is 0.166 e. The van der Waals surface area contributed by atoms with E-state index in [1.165, 1.54) is 11.1 Å². The molecule has 0 amide bonds. The number of fused-ring (bicyclic) bond motifs is 3. The van der Waals surface area contributed by atoms with Crippen LogP contribution in [0.15, 0.2) is 255 Å². The molecule has 2 aromatic heterocycles. The molecular weight excluding hydrogens is 837 g/mol. The molecule has 0 saturated carbocycles. The van der Waals surface area contributed by atoms with Crippen LogP contribution in [0.1, 0.15) is 14.9 Å². The lowest BCUT2D eigenvalue weighted by Gasteiger charge is -2.20. The minimum absolute atomic E-state index is 0. The van der Waals surface area contributed by atoms with Gasteiger partial charge in [0, 0.05) is 27.5 Å². The number of rotatable bonds is 9. The van der Waals surface area contributed by atoms with Gasteiger partial charge in [-0.05, 0) is 92.0 Å². The first-order chi connectivity index (χ1) is 33.2. The maximum Gasteiger partial charge on any atom is 0.166 e. The fraction of sp³-hybridized carbons (Fsp3) is 0.0308. The van der Waals surface area contributed by atoms with E-state index in [0.29, 0.717) is 17.5 Å². The molecule has 0 N–H and O–H groups in total. The van der Waals surface area contributed by atoms with Crippen LogP contribution < -0.4 is 0 Å². The summed E-state index contributed by atoms with van der Waals surface area (Å²) in [6.45, 7) is 0. The van der Waals surface area contributed by atoms with E-state index in [-0.39, 0.29) is 14.9 Å². The molecular formula is C65H50N4. The Bertz CT molecular complexity index is 3490. The SMILES string of the molecule is C.C.c1ccc(-c2ccc3c(c2)c2cc(-c4ccccc4)ccc2n3-c2ccc(-c3c(-c4ccccc4)cccc3-c3ccccc3)cc2-c2nc(-c3ccccc3)nc(-c3ccccc3)n2)cc1. The predicted octanol–water partition coefficient (Wildman–Crippen LogP) is 17.6. The van der Waals surface area contributed by atoms with E-state index in [1.807, 2.05) is 36.4 Å². The van der Waals surface area contributed by atoms with Crippen molar-refractivity contribution in [1.82, 2.24) is 19.5 Å². The summed E-state index contributed by atoms with van der Waals surface area (Å²) < 4.78 is 2.41. The molecule has 10 aromatic carbocycles. The first-order valence-electron chi connectivity index (χ1n) is 22.7. The van der Waals surface area contributed by atoms with Gasteiger partial charge < -0.3 is 4.57 Å². The lowest BCUT2D eigenvalue weighted by molar-refractivity contribution is 1.06. The second kappa shape index (κ2) is 19.1. The van der Waals surface area contributed by atoms with Gasteiger partial charge >= 0.3 is 0 Å². The van der Waals surface area contributed by atoms with Gasteiger partial charge in [-0.2, -0.15) is 0 Å². The Labute approximate surface area is 404 Å². The van der Waals surface area contributed by atoms with Gasteiger partial charge in [0.25, 0.3) is 0 Å². The van der Waals surface area contributed by atoms with Crippen molar-refractivity contribution < 1.29 is 0 Å². The number of hydrogen-bond donors (Lipinski definition) is 0. The lowest BCUT2D eigenvalue weighted by atomic mass is 9.87. The summed E-state index contributed by atoms with van der Waals surface area (Å²) in [5.74, 6) is 1.80. The van der Waals surface area contributed by atoms with Crippen molar-refractivity contribution in [2.75, 3.05) is 0 Å². The zero-order valence-corrected chi connectivity index (χ0v) is 36.5. The molecule has 0 unspecified atom stereocenters. The molecule has 0 bridgehead atoms. The Kier molecular flexibility index (Phi) is 12.1. The van der Waals surface area contributed by atoms with Crippen molar-refractivity contribution in [2.45, 2.75) is 14.9 Å². The van der Waals surface area contributed by atoms with E-state index in [1.54, 1.807) is 0 Å². The molecule has 0 aliphatic heterocycles. The highest BCUT2D eigenvalue weighted by molar-refractivity contribution is 6.12. The molecule has 0 saturated heterocycles. The Morgan fingerprint density at radius 3 is 1.03 bits per heavy atom. The van der Waals surface area contributed by atoms with Gasteiger partial charge in [0.2, 0.25) is 0 Å². The van der Waals surface area contributed by atoms with E-state index >= 15 is 0 Å². The molecule has 0 atom stereocenters. The van der Waals surface area contributed by atoms with Gasteiger partial charge in [0.1, 0.15) is 0 Å². The third kappa shape index (κ3) is 8.30. The maximum atomic E-state index is 5.40. The van der Waals surface area contributed by atoms with Gasteiger partial charge in [-0.25, -0.2) is 15.0 Å². The molecule has 2 heterocycles. The van der Waals surface area contributed by atoms with Crippen molar-refractivity contribution in [1.29, 1.82) is 0 Å². The number of benzene rings is 10. The quantitative estimate of drug-likeness (QED) is 0.145. The van der Waals surface area contributed by atoms with Crippen LogP contribution in [-0.2, 0) is 0 Å². The summed E-state index contributed by atoms with van der Waals surface area (Å²) in [5, 5.41) is 2.33. The predicted molar refractivity (Wildman–Crippen MR) is 291 cm³/mol. The first-order valence-corrected chi connectivity index (χ1v) is 22.7. The zero-order chi connectivity index (χ0) is 44.5. The molecule has 12 aromatic rings. The van der Waals surface area contributed by atoms with Crippen LogP contribution >= 0.6 is 0 Å². The molecule has 69 heavy (non-hydrogen) atoms. The summed E-state index contributed by atoms with van der Waals surface area (Å²) in [5.41, 5.74) is 17.3. The van der Waals surface area contributed by atoms with Crippen LogP contribution in [0.3, 0.4) is 0 Å². The van der Waals surface area contributed by atoms with E-state index in [9.17, 15) is 0 Å². The first kappa shape index (κ1) is 43.9. The van der Waals surface area contributed by atoms with Crippen molar-refractivity contribution in [3.63, 3.8) is 0 Å². The highest BCUT2D eigenvalue weighted by atomic mass is 15.1. The average Bonchev–Trinajstić information content (AvgIpc) is 3.74. The van der Waals surface area contributed by atoms with Crippen LogP contribution in [0.5, 0.6) is 0 Å². The zero-order valence-electron chi connectivity index (χ0n) is 36.5. The van der Waals surface area contributed by atoms with Crippen molar-refractivity contribution in [3.8, 4) is 95.5 Å². The fourth-order valence-corrected chi connectivity index (χ4v) is 9.48. The summed E-state index contributed by atoms with van der Waals surface area (Å²) in [4.78, 5) is 15.9. The van der Waals surface area contributed by atoms with Gasteiger partial charge in [0.05, 0.1) is 16.7 Å². The van der Waals surface area contributed by atoms with E-state index < -0.39 is 0 Å². The standard InChI is InChI=1S/C63H42N4.2CH4/c1-7-20-43(21-8-1)49-34-37-57-54(40-49)55-41-50(44-22-9-2-10-23-44)35-38-58(55)67(57)59-39-36-51(60-52(45-24-11-3-12-25-45)32-19-33-53(60)46-26-13-4-14-27-46)42-56(59)63-65-61(47-28-15-5-16-29-47)64-62(66-63)48-30-17-6-18-31-48;;/h1-42H;2*1H4. The molecule has 4 nitrogen and oxygen atoms in total.